The highest BCUT2D eigenvalue weighted by Crippen LogP contribution is 2.37. The molecule has 0 amide bonds. The van der Waals surface area contributed by atoms with Crippen LogP contribution in [0.15, 0.2) is 29.2 Å². The van der Waals surface area contributed by atoms with Gasteiger partial charge in [0.15, 0.2) is 15.6 Å². The van der Waals surface area contributed by atoms with Crippen LogP contribution in [0.1, 0.15) is 84.6 Å². The highest BCUT2D eigenvalue weighted by molar-refractivity contribution is 7.91. The number of hydrogen-bond acceptors (Lipinski definition) is 5. The zero-order valence-electron chi connectivity index (χ0n) is 21.4. The average molecular weight is 483 g/mol. The van der Waals surface area contributed by atoms with E-state index in [2.05, 4.69) is 27.7 Å². The Balaban J connectivity index is 1.92. The van der Waals surface area contributed by atoms with Gasteiger partial charge in [-0.3, -0.25) is 0 Å². The predicted molar refractivity (Wildman–Crippen MR) is 134 cm³/mol. The topological polar surface area (TPSA) is 72.8 Å². The van der Waals surface area contributed by atoms with Gasteiger partial charge in [-0.05, 0) is 56.6 Å². The van der Waals surface area contributed by atoms with Gasteiger partial charge in [0.05, 0.1) is 23.9 Å². The van der Waals surface area contributed by atoms with Crippen LogP contribution in [0, 0.1) is 24.2 Å². The molecule has 0 aliphatic carbocycles. The Bertz CT molecular complexity index is 790. The quantitative estimate of drug-likeness (QED) is 0.333. The van der Waals surface area contributed by atoms with E-state index in [1.54, 1.807) is 12.1 Å². The number of aliphatic hydroxyl groups excluding tert-OH is 1. The number of unbranched alkanes of at least 4 members (excludes halogenated alkanes) is 1. The van der Waals surface area contributed by atoms with E-state index in [1.165, 1.54) is 0 Å². The summed E-state index contributed by atoms with van der Waals surface area (Å²) >= 11 is 0. The van der Waals surface area contributed by atoms with Crippen molar-refractivity contribution in [3.63, 3.8) is 0 Å². The van der Waals surface area contributed by atoms with Crippen molar-refractivity contribution in [3.05, 3.63) is 29.8 Å². The molecule has 0 unspecified atom stereocenters. The lowest BCUT2D eigenvalue weighted by Crippen LogP contribution is -2.47. The lowest BCUT2D eigenvalue weighted by molar-refractivity contribution is -0.305. The number of aliphatic hydroxyl groups is 1. The van der Waals surface area contributed by atoms with E-state index in [4.69, 9.17) is 9.47 Å². The van der Waals surface area contributed by atoms with Gasteiger partial charge in [-0.15, -0.1) is 0 Å². The lowest BCUT2D eigenvalue weighted by atomic mass is 9.91. The lowest BCUT2D eigenvalue weighted by Gasteiger charge is -2.44. The minimum Gasteiger partial charge on any atom is -0.396 e. The first-order chi connectivity index (χ1) is 15.5. The Hall–Kier alpha value is -0.950. The molecule has 190 valence electrons. The number of aryl methyl sites for hydroxylation is 1. The molecule has 0 spiro atoms. The number of rotatable bonds is 14. The zero-order chi connectivity index (χ0) is 24.5. The van der Waals surface area contributed by atoms with Crippen molar-refractivity contribution in [2.75, 3.05) is 25.6 Å². The van der Waals surface area contributed by atoms with Gasteiger partial charge in [-0.1, -0.05) is 58.2 Å². The van der Waals surface area contributed by atoms with E-state index in [0.29, 0.717) is 24.0 Å². The van der Waals surface area contributed by atoms with Crippen molar-refractivity contribution in [1.29, 1.82) is 0 Å². The summed E-state index contributed by atoms with van der Waals surface area (Å²) in [6.07, 6.45) is 7.27. The largest absolute Gasteiger partial charge is 0.396 e. The molecule has 0 saturated carbocycles. The summed E-state index contributed by atoms with van der Waals surface area (Å²) < 4.78 is 38.4. The van der Waals surface area contributed by atoms with Crippen molar-refractivity contribution in [2.24, 2.45) is 17.3 Å². The molecule has 1 aliphatic rings. The minimum absolute atomic E-state index is 0.0168. The molecule has 1 aromatic rings. The molecule has 33 heavy (non-hydrogen) atoms. The van der Waals surface area contributed by atoms with E-state index in [0.717, 1.165) is 56.9 Å². The number of benzene rings is 1. The Morgan fingerprint density at radius 2 is 1.61 bits per heavy atom. The molecule has 6 heteroatoms. The molecule has 5 nitrogen and oxygen atoms in total. The zero-order valence-corrected chi connectivity index (χ0v) is 22.3. The van der Waals surface area contributed by atoms with Gasteiger partial charge in [0.25, 0.3) is 0 Å². The molecule has 1 N–H and O–H groups in total. The molecular formula is C27H46O5S. The second-order valence-electron chi connectivity index (χ2n) is 10.9. The van der Waals surface area contributed by atoms with Gasteiger partial charge in [0, 0.05) is 24.9 Å². The standard InChI is InChI=1S/C27H46O5S/c1-6-24(19-33(29,30)25-14-12-22(2)13-15-25)11-9-17-27(16-8-7-10-23(3)18-28)31-20-26(4,5)21-32-27/h12-15,23-24,28H,6-11,16-21H2,1-5H3/t23-,24+/m0/s1. The van der Waals surface area contributed by atoms with E-state index in [1.807, 2.05) is 19.1 Å². The molecule has 1 saturated heterocycles. The molecule has 0 bridgehead atoms. The third kappa shape index (κ3) is 9.31. The maximum absolute atomic E-state index is 12.9. The second-order valence-corrected chi connectivity index (χ2v) is 13.0. The van der Waals surface area contributed by atoms with Crippen LogP contribution in [0.4, 0.5) is 0 Å². The van der Waals surface area contributed by atoms with E-state index >= 15 is 0 Å². The maximum Gasteiger partial charge on any atom is 0.178 e. The molecule has 0 radical (unpaired) electrons. The minimum atomic E-state index is -3.29. The van der Waals surface area contributed by atoms with Crippen LogP contribution in [-0.2, 0) is 19.3 Å². The van der Waals surface area contributed by atoms with Gasteiger partial charge >= 0.3 is 0 Å². The van der Waals surface area contributed by atoms with E-state index < -0.39 is 15.6 Å². The fraction of sp³-hybridized carbons (Fsp3) is 0.778. The fourth-order valence-electron chi connectivity index (χ4n) is 4.35. The first-order valence-electron chi connectivity index (χ1n) is 12.7. The van der Waals surface area contributed by atoms with Crippen molar-refractivity contribution < 1.29 is 23.0 Å². The van der Waals surface area contributed by atoms with Crippen LogP contribution >= 0.6 is 0 Å². The fourth-order valence-corrected chi connectivity index (χ4v) is 6.11. The predicted octanol–water partition coefficient (Wildman–Crippen LogP) is 5.92. The van der Waals surface area contributed by atoms with Crippen molar-refractivity contribution in [2.45, 2.75) is 96.7 Å². The van der Waals surface area contributed by atoms with Crippen LogP contribution in [0.5, 0.6) is 0 Å². The van der Waals surface area contributed by atoms with Crippen LogP contribution in [0.2, 0.25) is 0 Å². The molecule has 2 rings (SSSR count). The molecule has 0 aromatic heterocycles. The van der Waals surface area contributed by atoms with Crippen molar-refractivity contribution in [3.8, 4) is 0 Å². The van der Waals surface area contributed by atoms with Crippen LogP contribution in [0.25, 0.3) is 0 Å². The number of hydrogen-bond donors (Lipinski definition) is 1. The van der Waals surface area contributed by atoms with Gasteiger partial charge < -0.3 is 14.6 Å². The Labute approximate surface area is 202 Å². The second kappa shape index (κ2) is 12.7. The monoisotopic (exact) mass is 482 g/mol. The normalized spacial score (nSPS) is 19.8. The molecule has 1 heterocycles. The molecule has 1 fully saturated rings. The van der Waals surface area contributed by atoms with Crippen LogP contribution in [0.3, 0.4) is 0 Å². The number of ether oxygens (including phenoxy) is 2. The summed E-state index contributed by atoms with van der Waals surface area (Å²) in [5, 5.41) is 9.26. The Morgan fingerprint density at radius 3 is 2.18 bits per heavy atom. The summed E-state index contributed by atoms with van der Waals surface area (Å²) in [4.78, 5) is 0.418. The first kappa shape index (κ1) is 28.3. The highest BCUT2D eigenvalue weighted by Gasteiger charge is 2.39. The third-order valence-corrected chi connectivity index (χ3v) is 8.75. The maximum atomic E-state index is 12.9. The van der Waals surface area contributed by atoms with Gasteiger partial charge in [0.1, 0.15) is 0 Å². The smallest absolute Gasteiger partial charge is 0.178 e. The Morgan fingerprint density at radius 1 is 1.00 bits per heavy atom. The summed E-state index contributed by atoms with van der Waals surface area (Å²) in [6.45, 7) is 12.0. The van der Waals surface area contributed by atoms with Gasteiger partial charge in [-0.25, -0.2) is 8.42 Å². The summed E-state index contributed by atoms with van der Waals surface area (Å²) in [5.74, 6) is 0.0760. The summed E-state index contributed by atoms with van der Waals surface area (Å²) in [5.41, 5.74) is 1.08. The summed E-state index contributed by atoms with van der Waals surface area (Å²) in [6, 6.07) is 7.15. The molecule has 1 aromatic carbocycles. The van der Waals surface area contributed by atoms with Crippen LogP contribution < -0.4 is 0 Å². The first-order valence-corrected chi connectivity index (χ1v) is 14.3. The van der Waals surface area contributed by atoms with Crippen molar-refractivity contribution in [1.82, 2.24) is 0 Å². The van der Waals surface area contributed by atoms with Crippen molar-refractivity contribution >= 4 is 9.84 Å². The van der Waals surface area contributed by atoms with Gasteiger partial charge in [0.2, 0.25) is 0 Å². The SMILES string of the molecule is CC[C@H](CCCC1(CCCC[C@H](C)CO)OCC(C)(C)CO1)CS(=O)(=O)c1ccc(C)cc1. The third-order valence-electron chi connectivity index (χ3n) is 6.85. The van der Waals surface area contributed by atoms with E-state index in [-0.39, 0.29) is 23.7 Å². The molecule has 1 aliphatic heterocycles. The summed E-state index contributed by atoms with van der Waals surface area (Å²) in [7, 11) is -3.29. The van der Waals surface area contributed by atoms with Crippen LogP contribution in [-0.4, -0.2) is 44.9 Å². The Kier molecular flexibility index (Phi) is 10.9. The molecule has 2 atom stereocenters. The molecular weight excluding hydrogens is 436 g/mol. The van der Waals surface area contributed by atoms with Gasteiger partial charge in [-0.2, -0.15) is 0 Å². The van der Waals surface area contributed by atoms with E-state index in [9.17, 15) is 13.5 Å². The highest BCUT2D eigenvalue weighted by atomic mass is 32.2. The average Bonchev–Trinajstić information content (AvgIpc) is 2.78. The number of sulfone groups is 1.